The highest BCUT2D eigenvalue weighted by atomic mass is 35.5. The third-order valence-corrected chi connectivity index (χ3v) is 11.0. The number of nitrogens with zero attached hydrogens (tertiary/aromatic N) is 5. The van der Waals surface area contributed by atoms with E-state index in [1.165, 1.54) is 7.11 Å². The number of rotatable bonds is 12. The van der Waals surface area contributed by atoms with Gasteiger partial charge in [0.05, 0.1) is 29.0 Å². The molecule has 250 valence electrons. The van der Waals surface area contributed by atoms with Gasteiger partial charge in [-0.3, -0.25) is 9.36 Å². The first-order chi connectivity index (χ1) is 23.1. The molecule has 0 bridgehead atoms. The van der Waals surface area contributed by atoms with Crippen molar-refractivity contribution in [1.82, 2.24) is 24.1 Å². The number of halogens is 1. The first-order valence-corrected chi connectivity index (χ1v) is 18.1. The molecule has 6 aromatic rings. The summed E-state index contributed by atoms with van der Waals surface area (Å²) in [5.74, 6) is 1.92. The Bertz CT molecular complexity index is 2150. The Kier molecular flexibility index (Phi) is 10.1. The van der Waals surface area contributed by atoms with Crippen LogP contribution in [0.4, 0.5) is 0 Å². The third kappa shape index (κ3) is 6.44. The van der Waals surface area contributed by atoms with Gasteiger partial charge in [-0.2, -0.15) is 10.2 Å². The van der Waals surface area contributed by atoms with E-state index in [1.807, 2.05) is 84.5 Å². The molecule has 3 heterocycles. The van der Waals surface area contributed by atoms with E-state index >= 15 is 0 Å². The van der Waals surface area contributed by atoms with Gasteiger partial charge in [-0.15, -0.1) is 23.5 Å². The second kappa shape index (κ2) is 14.3. The van der Waals surface area contributed by atoms with Gasteiger partial charge in [0.15, 0.2) is 0 Å². The molecule has 0 radical (unpaired) electrons. The topological polar surface area (TPSA) is 107 Å². The highest BCUT2D eigenvalue weighted by molar-refractivity contribution is 7.98. The molecule has 2 N–H and O–H groups in total. The van der Waals surface area contributed by atoms with Crippen LogP contribution in [0.25, 0.3) is 32.8 Å². The van der Waals surface area contributed by atoms with Gasteiger partial charge in [0, 0.05) is 83.2 Å². The molecular weight excluding hydrogens is 666 g/mol. The number of aliphatic hydroxyl groups is 1. The summed E-state index contributed by atoms with van der Waals surface area (Å²) in [5, 5.41) is 33.1. The number of hydrogen-bond donors (Lipinski definition) is 2. The van der Waals surface area contributed by atoms with E-state index in [2.05, 4.69) is 12.1 Å². The van der Waals surface area contributed by atoms with Crippen LogP contribution in [0, 0.1) is 6.92 Å². The summed E-state index contributed by atoms with van der Waals surface area (Å²) in [6.07, 6.45) is 1.05. The average molecular weight is 704 g/mol. The number of fused-ring (bicyclic) bond motifs is 2. The number of aliphatic hydroxyl groups excluding tert-OH is 1. The summed E-state index contributed by atoms with van der Waals surface area (Å²) < 4.78 is 10.8. The number of aromatic hydroxyl groups is 1. The molecule has 3 aromatic carbocycles. The van der Waals surface area contributed by atoms with Gasteiger partial charge in [0.1, 0.15) is 11.4 Å². The van der Waals surface area contributed by atoms with E-state index in [9.17, 15) is 15.0 Å². The van der Waals surface area contributed by atoms with Crippen molar-refractivity contribution in [3.63, 3.8) is 0 Å². The van der Waals surface area contributed by atoms with Crippen molar-refractivity contribution in [3.05, 3.63) is 93.7 Å². The minimum atomic E-state index is -0.425. The van der Waals surface area contributed by atoms with Crippen molar-refractivity contribution in [3.8, 4) is 16.9 Å². The number of thioether (sulfide) groups is 2. The van der Waals surface area contributed by atoms with E-state index < -0.39 is 5.97 Å². The maximum atomic E-state index is 13.0. The van der Waals surface area contributed by atoms with Crippen molar-refractivity contribution in [1.29, 1.82) is 0 Å². The van der Waals surface area contributed by atoms with Gasteiger partial charge in [-0.05, 0) is 55.0 Å². The van der Waals surface area contributed by atoms with Gasteiger partial charge in [0.25, 0.3) is 0 Å². The van der Waals surface area contributed by atoms with Crippen molar-refractivity contribution in [2.45, 2.75) is 41.9 Å². The number of esters is 1. The number of methoxy groups -OCH3 is 1. The number of carbonyl (C=O) groups excluding carboxylic acids is 1. The third-order valence-electron chi connectivity index (χ3n) is 8.75. The normalized spacial score (nSPS) is 11.6. The molecule has 0 aliphatic carbocycles. The molecule has 0 amide bonds. The average Bonchev–Trinajstić information content (AvgIpc) is 3.67. The van der Waals surface area contributed by atoms with E-state index in [1.54, 1.807) is 23.5 Å². The number of hydrogen-bond acceptors (Lipinski definition) is 8. The standard InChI is InChI=1S/C36H38ClN5O4S2/c1-21-32(33-29(37)13-12-28-27(11-8-14-43)35(36(45)46-5)40(2)34(28)33)30(39-41(21)3)20-47-18-23-16-24(42(4)38-23)19-48-25-15-22-9-6-7-10-26(22)31(44)17-25/h6-7,9-10,12-13,15-17,43-44H,8,11,14,18-20H2,1-5H3. The van der Waals surface area contributed by atoms with Crippen LogP contribution in [-0.2, 0) is 49.6 Å². The molecule has 6 rings (SSSR count). The minimum Gasteiger partial charge on any atom is -0.507 e. The van der Waals surface area contributed by atoms with Gasteiger partial charge >= 0.3 is 5.97 Å². The largest absolute Gasteiger partial charge is 0.507 e. The van der Waals surface area contributed by atoms with E-state index in [-0.39, 0.29) is 12.4 Å². The number of aromatic nitrogens is 5. The number of ether oxygens (including phenoxy) is 1. The van der Waals surface area contributed by atoms with E-state index in [0.29, 0.717) is 35.1 Å². The van der Waals surface area contributed by atoms with Gasteiger partial charge < -0.3 is 19.5 Å². The second-order valence-electron chi connectivity index (χ2n) is 11.7. The van der Waals surface area contributed by atoms with Crippen LogP contribution >= 0.6 is 35.1 Å². The molecule has 12 heteroatoms. The first-order valence-electron chi connectivity index (χ1n) is 15.6. The van der Waals surface area contributed by atoms with Crippen LogP contribution in [0.2, 0.25) is 5.02 Å². The molecule has 9 nitrogen and oxygen atoms in total. The maximum absolute atomic E-state index is 13.0. The van der Waals surface area contributed by atoms with Gasteiger partial charge in [0.2, 0.25) is 0 Å². The zero-order valence-electron chi connectivity index (χ0n) is 27.6. The van der Waals surface area contributed by atoms with Crippen LogP contribution in [0.15, 0.2) is 59.5 Å². The molecule has 0 aliphatic heterocycles. The SMILES string of the molecule is COC(=O)c1c(CCCO)c2ccc(Cl)c(-c3c(CSCc4cc(CSc5cc(O)c6ccccc6c5)n(C)n4)nn(C)c3C)c2n1C. The lowest BCUT2D eigenvalue weighted by molar-refractivity contribution is 0.0589. The highest BCUT2D eigenvalue weighted by Gasteiger charge is 2.27. The van der Waals surface area contributed by atoms with Crippen LogP contribution in [0.1, 0.15) is 45.2 Å². The number of aryl methyl sites for hydroxylation is 4. The minimum absolute atomic E-state index is 0.0200. The Morgan fingerprint density at radius 2 is 1.75 bits per heavy atom. The Labute approximate surface area is 292 Å². The van der Waals surface area contributed by atoms with Crippen molar-refractivity contribution in [2.75, 3.05) is 13.7 Å². The van der Waals surface area contributed by atoms with Crippen molar-refractivity contribution in [2.24, 2.45) is 21.1 Å². The lowest BCUT2D eigenvalue weighted by Gasteiger charge is -2.11. The van der Waals surface area contributed by atoms with Crippen LogP contribution < -0.4 is 0 Å². The summed E-state index contributed by atoms with van der Waals surface area (Å²) in [7, 11) is 7.12. The molecule has 0 saturated heterocycles. The molecule has 0 fully saturated rings. The number of phenols is 1. The van der Waals surface area contributed by atoms with Crippen molar-refractivity contribution < 1.29 is 19.7 Å². The lowest BCUT2D eigenvalue weighted by atomic mass is 9.98. The Hall–Kier alpha value is -3.90. The zero-order valence-corrected chi connectivity index (χ0v) is 30.0. The Morgan fingerprint density at radius 1 is 0.958 bits per heavy atom. The maximum Gasteiger partial charge on any atom is 0.354 e. The quantitative estimate of drug-likeness (QED) is 0.0993. The summed E-state index contributed by atoms with van der Waals surface area (Å²) in [4.78, 5) is 14.0. The lowest BCUT2D eigenvalue weighted by Crippen LogP contribution is -2.10. The fourth-order valence-corrected chi connectivity index (χ4v) is 8.42. The highest BCUT2D eigenvalue weighted by Crippen LogP contribution is 2.43. The summed E-state index contributed by atoms with van der Waals surface area (Å²) in [6.45, 7) is 2.05. The van der Waals surface area contributed by atoms with Gasteiger partial charge in [-0.25, -0.2) is 4.79 Å². The Morgan fingerprint density at radius 3 is 2.52 bits per heavy atom. The molecule has 0 aliphatic rings. The number of benzene rings is 3. The van der Waals surface area contributed by atoms with Crippen LogP contribution in [0.5, 0.6) is 5.75 Å². The molecule has 0 atom stereocenters. The molecule has 0 saturated carbocycles. The predicted molar refractivity (Wildman–Crippen MR) is 195 cm³/mol. The van der Waals surface area contributed by atoms with E-state index in [0.717, 1.165) is 71.8 Å². The smallest absolute Gasteiger partial charge is 0.354 e. The monoisotopic (exact) mass is 703 g/mol. The van der Waals surface area contributed by atoms with Crippen molar-refractivity contribution >= 4 is 62.8 Å². The molecule has 48 heavy (non-hydrogen) atoms. The predicted octanol–water partition coefficient (Wildman–Crippen LogP) is 7.57. The second-order valence-corrected chi connectivity index (χ2v) is 14.2. The fraction of sp³-hybridized carbons (Fsp3) is 0.306. The van der Waals surface area contributed by atoms with E-state index in [4.69, 9.17) is 26.5 Å². The molecule has 0 unspecified atom stereocenters. The zero-order chi connectivity index (χ0) is 34.1. The fourth-order valence-electron chi connectivity index (χ4n) is 6.34. The number of phenolic OH excluding ortho intramolecular Hbond substituents is 1. The summed E-state index contributed by atoms with van der Waals surface area (Å²) in [6, 6.07) is 17.7. The summed E-state index contributed by atoms with van der Waals surface area (Å²) in [5.41, 5.74) is 7.85. The van der Waals surface area contributed by atoms with Crippen LogP contribution in [0.3, 0.4) is 0 Å². The number of carbonyl (C=O) groups is 1. The Balaban J connectivity index is 1.24. The molecular formula is C36H38ClN5O4S2. The molecule has 0 spiro atoms. The van der Waals surface area contributed by atoms with Gasteiger partial charge in [-0.1, -0.05) is 41.9 Å². The summed E-state index contributed by atoms with van der Waals surface area (Å²) >= 11 is 10.4. The van der Waals surface area contributed by atoms with Crippen LogP contribution in [-0.4, -0.2) is 54.0 Å². The first kappa shape index (κ1) is 34.0. The molecule has 3 aromatic heterocycles.